The minimum absolute atomic E-state index is 0.000667. The van der Waals surface area contributed by atoms with Gasteiger partial charge in [-0.3, -0.25) is 39.0 Å². The van der Waals surface area contributed by atoms with Crippen LogP contribution in [0.2, 0.25) is 5.02 Å². The lowest BCUT2D eigenvalue weighted by Crippen LogP contribution is -2.54. The van der Waals surface area contributed by atoms with Crippen LogP contribution >= 0.6 is 11.6 Å². The Hall–Kier alpha value is -5.34. The van der Waals surface area contributed by atoms with Gasteiger partial charge in [-0.25, -0.2) is 4.98 Å². The number of ether oxygens (including phenoxy) is 1. The number of benzene rings is 2. The summed E-state index contributed by atoms with van der Waals surface area (Å²) in [5.74, 6) is -1.59. The summed E-state index contributed by atoms with van der Waals surface area (Å²) in [5.41, 5.74) is 3.74. The van der Waals surface area contributed by atoms with Crippen molar-refractivity contribution in [1.29, 1.82) is 0 Å². The predicted molar refractivity (Wildman–Crippen MR) is 203 cm³/mol. The molecule has 5 aliphatic heterocycles. The Morgan fingerprint density at radius 2 is 1.75 bits per heavy atom. The molecule has 6 amide bonds. The molecule has 55 heavy (non-hydrogen) atoms. The van der Waals surface area contributed by atoms with E-state index in [1.54, 1.807) is 34.2 Å². The number of amides is 6. The minimum atomic E-state index is -1.01. The fourth-order valence-electron chi connectivity index (χ4n) is 8.64. The second-order valence-corrected chi connectivity index (χ2v) is 15.1. The van der Waals surface area contributed by atoms with Gasteiger partial charge in [-0.05, 0) is 67.6 Å². The molecule has 8 rings (SSSR count). The van der Waals surface area contributed by atoms with E-state index in [9.17, 15) is 28.8 Å². The molecule has 0 saturated carbocycles. The normalized spacial score (nSPS) is 22.9. The number of aromatic nitrogens is 1. The van der Waals surface area contributed by atoms with E-state index in [4.69, 9.17) is 16.3 Å². The first-order chi connectivity index (χ1) is 26.6. The zero-order chi connectivity index (χ0) is 38.4. The molecular formula is C40H42ClN7O7. The molecule has 3 saturated heterocycles. The van der Waals surface area contributed by atoms with Crippen LogP contribution in [0.15, 0.2) is 54.7 Å². The van der Waals surface area contributed by atoms with Gasteiger partial charge in [0.25, 0.3) is 11.8 Å². The van der Waals surface area contributed by atoms with E-state index >= 15 is 0 Å². The van der Waals surface area contributed by atoms with Crippen molar-refractivity contribution in [3.63, 3.8) is 0 Å². The predicted octanol–water partition coefficient (Wildman–Crippen LogP) is 3.51. The number of anilines is 3. The molecule has 5 aliphatic rings. The average Bonchev–Trinajstić information content (AvgIpc) is 3.70. The Balaban J connectivity index is 0.810. The third kappa shape index (κ3) is 6.60. The maximum Gasteiger partial charge on any atom is 0.262 e. The van der Waals surface area contributed by atoms with Gasteiger partial charge in [-0.2, -0.15) is 0 Å². The number of rotatable bonds is 9. The Morgan fingerprint density at radius 3 is 2.51 bits per heavy atom. The number of halogens is 1. The van der Waals surface area contributed by atoms with Crippen molar-refractivity contribution in [3.05, 3.63) is 82.0 Å². The zero-order valence-electron chi connectivity index (χ0n) is 30.5. The van der Waals surface area contributed by atoms with Crippen molar-refractivity contribution in [2.45, 2.75) is 63.0 Å². The highest BCUT2D eigenvalue weighted by Gasteiger charge is 2.45. The molecule has 3 aromatic rings. The van der Waals surface area contributed by atoms with Gasteiger partial charge in [-0.1, -0.05) is 30.7 Å². The molecule has 6 heterocycles. The van der Waals surface area contributed by atoms with E-state index in [-0.39, 0.29) is 66.9 Å². The zero-order valence-corrected chi connectivity index (χ0v) is 31.3. The Morgan fingerprint density at radius 1 is 0.945 bits per heavy atom. The number of piperazine rings is 1. The van der Waals surface area contributed by atoms with Gasteiger partial charge in [0.1, 0.15) is 18.4 Å². The average molecular weight is 768 g/mol. The number of carbonyl (C=O) groups excluding carboxylic acids is 6. The van der Waals surface area contributed by atoms with Crippen LogP contribution in [0.4, 0.5) is 17.2 Å². The van der Waals surface area contributed by atoms with Crippen molar-refractivity contribution in [1.82, 2.24) is 20.1 Å². The Labute approximate surface area is 323 Å². The molecular weight excluding hydrogens is 726 g/mol. The van der Waals surface area contributed by atoms with Crippen LogP contribution in [-0.2, 0) is 29.3 Å². The van der Waals surface area contributed by atoms with Crippen molar-refractivity contribution < 1.29 is 33.5 Å². The number of hydrogen-bond acceptors (Lipinski definition) is 10. The minimum Gasteiger partial charge on any atom is -0.378 e. The van der Waals surface area contributed by atoms with Gasteiger partial charge in [0.2, 0.25) is 23.6 Å². The number of piperidine rings is 2. The Bertz CT molecular complexity index is 2100. The van der Waals surface area contributed by atoms with E-state index in [2.05, 4.69) is 39.6 Å². The van der Waals surface area contributed by atoms with Crippen LogP contribution in [0.25, 0.3) is 0 Å². The molecule has 2 unspecified atom stereocenters. The maximum absolute atomic E-state index is 13.4. The van der Waals surface area contributed by atoms with Crippen LogP contribution in [0.3, 0.4) is 0 Å². The monoisotopic (exact) mass is 767 g/mol. The Kier molecular flexibility index (Phi) is 9.80. The van der Waals surface area contributed by atoms with Crippen molar-refractivity contribution in [2.75, 3.05) is 61.0 Å². The molecule has 14 nitrogen and oxygen atoms in total. The molecule has 0 radical (unpaired) electrons. The first-order valence-corrected chi connectivity index (χ1v) is 19.3. The number of imide groups is 2. The van der Waals surface area contributed by atoms with Gasteiger partial charge in [0, 0.05) is 72.7 Å². The first-order valence-electron chi connectivity index (χ1n) is 18.9. The summed E-state index contributed by atoms with van der Waals surface area (Å²) in [5, 5.41) is 6.28. The van der Waals surface area contributed by atoms with E-state index in [1.807, 2.05) is 18.2 Å². The molecule has 15 heteroatoms. The van der Waals surface area contributed by atoms with E-state index in [0.29, 0.717) is 50.6 Å². The molecule has 286 valence electrons. The summed E-state index contributed by atoms with van der Waals surface area (Å²) in [6.07, 6.45) is 4.21. The lowest BCUT2D eigenvalue weighted by atomic mass is 9.74. The van der Waals surface area contributed by atoms with Gasteiger partial charge >= 0.3 is 0 Å². The number of carbonyl (C=O) groups is 6. The summed E-state index contributed by atoms with van der Waals surface area (Å²) < 4.78 is 6.11. The number of nitrogens with zero attached hydrogens (tertiary/aromatic N) is 5. The van der Waals surface area contributed by atoms with E-state index in [1.165, 1.54) is 0 Å². The summed E-state index contributed by atoms with van der Waals surface area (Å²) >= 11 is 6.67. The van der Waals surface area contributed by atoms with Crippen molar-refractivity contribution in [3.8, 4) is 0 Å². The first kappa shape index (κ1) is 36.6. The third-order valence-electron chi connectivity index (χ3n) is 11.7. The van der Waals surface area contributed by atoms with Crippen LogP contribution in [0.5, 0.6) is 0 Å². The van der Waals surface area contributed by atoms with Crippen LogP contribution in [0.1, 0.15) is 77.3 Å². The van der Waals surface area contributed by atoms with Crippen molar-refractivity contribution in [2.24, 2.45) is 0 Å². The van der Waals surface area contributed by atoms with Gasteiger partial charge in [-0.15, -0.1) is 0 Å². The largest absolute Gasteiger partial charge is 0.378 e. The molecule has 0 bridgehead atoms. The highest BCUT2D eigenvalue weighted by Crippen LogP contribution is 2.47. The molecule has 2 N–H and O–H groups in total. The molecule has 2 atom stereocenters. The molecule has 2 aromatic carbocycles. The fourth-order valence-corrected chi connectivity index (χ4v) is 8.97. The maximum atomic E-state index is 13.4. The second kappa shape index (κ2) is 14.7. The number of nitrogens with one attached hydrogen (secondary N) is 2. The quantitative estimate of drug-likeness (QED) is 0.309. The van der Waals surface area contributed by atoms with Gasteiger partial charge in [0.05, 0.1) is 30.3 Å². The lowest BCUT2D eigenvalue weighted by Gasteiger charge is -2.36. The smallest absolute Gasteiger partial charge is 0.262 e. The second-order valence-electron chi connectivity index (χ2n) is 14.7. The summed E-state index contributed by atoms with van der Waals surface area (Å²) in [7, 11) is 0. The van der Waals surface area contributed by atoms with Gasteiger partial charge in [0.15, 0.2) is 0 Å². The van der Waals surface area contributed by atoms with Crippen LogP contribution < -0.4 is 20.4 Å². The molecule has 1 aromatic heterocycles. The summed E-state index contributed by atoms with van der Waals surface area (Å²) in [4.78, 5) is 87.8. The standard InChI is InChI=1S/C40H42ClN7O7/c1-2-40(23-43-36-35(40)30(41)10-14-42-36)24-4-3-5-26(20-24)47-18-17-46(22-34(47)51)33(50)13-19-55-27-11-15-45(16-12-27)25-6-7-28-29(21-25)39(54)48(38(28)53)31-8-9-32(49)44-37(31)52/h3-7,10,14,20-21,27,31H,2,8-9,11-13,15-19,22-23H2,1H3,(H,42,43)(H,44,49,52). The molecule has 0 spiro atoms. The summed E-state index contributed by atoms with van der Waals surface area (Å²) in [6, 6.07) is 13.9. The molecule has 0 aliphatic carbocycles. The highest BCUT2D eigenvalue weighted by molar-refractivity contribution is 6.32. The lowest BCUT2D eigenvalue weighted by molar-refractivity contribution is -0.138. The van der Waals surface area contributed by atoms with E-state index < -0.39 is 29.7 Å². The SMILES string of the molecule is CCC1(c2cccc(N3CCN(C(=O)CCOC4CCN(c5ccc6c(c5)C(=O)N(C5CCC(=O)NC5=O)C6=O)CC4)CC3=O)c2)CNc2nccc(Cl)c21. The molecule has 3 fully saturated rings. The fraction of sp³-hybridized carbons (Fsp3) is 0.425. The number of hydrogen-bond donors (Lipinski definition) is 2. The van der Waals surface area contributed by atoms with Crippen LogP contribution in [-0.4, -0.2) is 108 Å². The number of pyridine rings is 1. The van der Waals surface area contributed by atoms with E-state index in [0.717, 1.165) is 39.6 Å². The topological polar surface area (TPSA) is 162 Å². The number of fused-ring (bicyclic) bond motifs is 2. The van der Waals surface area contributed by atoms with Gasteiger partial charge < -0.3 is 24.8 Å². The van der Waals surface area contributed by atoms with Crippen molar-refractivity contribution >= 4 is 64.2 Å². The van der Waals surface area contributed by atoms with Crippen LogP contribution in [0, 0.1) is 0 Å². The highest BCUT2D eigenvalue weighted by atomic mass is 35.5. The third-order valence-corrected chi connectivity index (χ3v) is 12.0. The summed E-state index contributed by atoms with van der Waals surface area (Å²) in [6.45, 7) is 5.15.